The fraction of sp³-hybridized carbons (Fsp3) is 0.714. The van der Waals surface area contributed by atoms with Gasteiger partial charge in [0.2, 0.25) is 5.09 Å². The van der Waals surface area contributed by atoms with Crippen LogP contribution in [0.3, 0.4) is 0 Å². The molecule has 21 heavy (non-hydrogen) atoms. The fourth-order valence-corrected chi connectivity index (χ4v) is 2.98. The summed E-state index contributed by atoms with van der Waals surface area (Å²) < 4.78 is 33.1. The zero-order valence-corrected chi connectivity index (χ0v) is 13.0. The maximum Gasteiger partial charge on any atom is 0.271 e. The van der Waals surface area contributed by atoms with Gasteiger partial charge in [0.1, 0.15) is 5.76 Å². The molecule has 7 heteroatoms. The lowest BCUT2D eigenvalue weighted by atomic mass is 9.98. The second-order valence-corrected chi connectivity index (χ2v) is 6.92. The molecule has 0 amide bonds. The molecular weight excluding hydrogens is 292 g/mol. The molecule has 1 aromatic rings. The van der Waals surface area contributed by atoms with Crippen molar-refractivity contribution < 1.29 is 17.6 Å². The van der Waals surface area contributed by atoms with Gasteiger partial charge in [-0.3, -0.25) is 0 Å². The van der Waals surface area contributed by atoms with Crippen molar-refractivity contribution in [2.24, 2.45) is 5.14 Å². The molecule has 0 bridgehead atoms. The maximum atomic E-state index is 11.1. The molecule has 0 atom stereocenters. The molecule has 120 valence electrons. The van der Waals surface area contributed by atoms with Crippen LogP contribution in [-0.4, -0.2) is 27.7 Å². The third-order valence-electron chi connectivity index (χ3n) is 3.62. The Hall–Kier alpha value is -0.890. The average molecular weight is 316 g/mol. The van der Waals surface area contributed by atoms with Gasteiger partial charge in [0.15, 0.2) is 0 Å². The maximum absolute atomic E-state index is 11.1. The van der Waals surface area contributed by atoms with Gasteiger partial charge in [-0.25, -0.2) is 13.6 Å². The van der Waals surface area contributed by atoms with Crippen LogP contribution in [0.2, 0.25) is 0 Å². The minimum absolute atomic E-state index is 0.195. The highest BCUT2D eigenvalue weighted by Crippen LogP contribution is 2.20. The van der Waals surface area contributed by atoms with Crippen LogP contribution in [-0.2, 0) is 21.3 Å². The van der Waals surface area contributed by atoms with Gasteiger partial charge < -0.3 is 14.5 Å². The highest BCUT2D eigenvalue weighted by molar-refractivity contribution is 7.89. The van der Waals surface area contributed by atoms with Crippen molar-refractivity contribution in [3.05, 3.63) is 17.9 Å². The Kier molecular flexibility index (Phi) is 6.22. The summed E-state index contributed by atoms with van der Waals surface area (Å²) >= 11 is 0. The molecule has 2 rings (SSSR count). The topological polar surface area (TPSA) is 94.6 Å². The van der Waals surface area contributed by atoms with E-state index in [4.69, 9.17) is 14.3 Å². The summed E-state index contributed by atoms with van der Waals surface area (Å²) in [6.45, 7) is 2.05. The van der Waals surface area contributed by atoms with Crippen LogP contribution in [0.4, 0.5) is 0 Å². The number of furan rings is 1. The van der Waals surface area contributed by atoms with E-state index in [2.05, 4.69) is 5.32 Å². The average Bonchev–Trinajstić information content (AvgIpc) is 2.93. The summed E-state index contributed by atoms with van der Waals surface area (Å²) in [5, 5.41) is 7.98. The highest BCUT2D eigenvalue weighted by atomic mass is 32.2. The van der Waals surface area contributed by atoms with Crippen LogP contribution < -0.4 is 10.5 Å². The molecule has 1 aromatic heterocycles. The number of nitrogens with two attached hydrogens (primary N) is 1. The third kappa shape index (κ3) is 5.78. The first-order valence-electron chi connectivity index (χ1n) is 7.49. The molecule has 3 N–H and O–H groups in total. The zero-order valence-electron chi connectivity index (χ0n) is 12.2. The van der Waals surface area contributed by atoms with Crippen molar-refractivity contribution in [3.8, 4) is 0 Å². The van der Waals surface area contributed by atoms with Gasteiger partial charge in [0.25, 0.3) is 10.0 Å². The van der Waals surface area contributed by atoms with Crippen LogP contribution in [0.25, 0.3) is 0 Å². The van der Waals surface area contributed by atoms with E-state index in [9.17, 15) is 8.42 Å². The van der Waals surface area contributed by atoms with Crippen molar-refractivity contribution in [2.45, 2.75) is 56.3 Å². The molecule has 0 spiro atoms. The van der Waals surface area contributed by atoms with E-state index >= 15 is 0 Å². The summed E-state index contributed by atoms with van der Waals surface area (Å²) in [4.78, 5) is 0. The Morgan fingerprint density at radius 1 is 1.29 bits per heavy atom. The van der Waals surface area contributed by atoms with Gasteiger partial charge in [0, 0.05) is 6.61 Å². The Bertz CT molecular complexity index is 521. The van der Waals surface area contributed by atoms with E-state index in [-0.39, 0.29) is 5.09 Å². The number of hydrogen-bond donors (Lipinski definition) is 2. The molecular formula is C14H24N2O4S. The van der Waals surface area contributed by atoms with Crippen molar-refractivity contribution in [1.82, 2.24) is 5.32 Å². The summed E-state index contributed by atoms with van der Waals surface area (Å²) in [6, 6.07) is 2.99. The number of nitrogens with one attached hydrogen (secondary N) is 1. The second kappa shape index (κ2) is 7.93. The van der Waals surface area contributed by atoms with Gasteiger partial charge in [-0.05, 0) is 37.9 Å². The first kappa shape index (κ1) is 16.5. The molecule has 0 unspecified atom stereocenters. The van der Waals surface area contributed by atoms with Gasteiger partial charge >= 0.3 is 0 Å². The largest absolute Gasteiger partial charge is 0.447 e. The molecule has 0 aromatic carbocycles. The minimum Gasteiger partial charge on any atom is -0.447 e. The van der Waals surface area contributed by atoms with E-state index in [1.807, 2.05) is 0 Å². The molecule has 1 aliphatic rings. The summed E-state index contributed by atoms with van der Waals surface area (Å²) in [5.41, 5.74) is 0. The van der Waals surface area contributed by atoms with Gasteiger partial charge in [0.05, 0.1) is 12.6 Å². The molecule has 1 aliphatic carbocycles. The Morgan fingerprint density at radius 2 is 2.05 bits per heavy atom. The van der Waals surface area contributed by atoms with Crippen LogP contribution in [0.1, 0.15) is 44.3 Å². The molecule has 0 aliphatic heterocycles. The molecule has 1 fully saturated rings. The van der Waals surface area contributed by atoms with Gasteiger partial charge in [-0.1, -0.05) is 19.3 Å². The van der Waals surface area contributed by atoms with Crippen LogP contribution in [0, 0.1) is 0 Å². The summed E-state index contributed by atoms with van der Waals surface area (Å²) in [6.07, 6.45) is 7.67. The van der Waals surface area contributed by atoms with E-state index in [0.717, 1.165) is 19.6 Å². The third-order valence-corrected chi connectivity index (χ3v) is 4.40. The smallest absolute Gasteiger partial charge is 0.271 e. The molecule has 0 saturated heterocycles. The van der Waals surface area contributed by atoms with Crippen LogP contribution >= 0.6 is 0 Å². The van der Waals surface area contributed by atoms with E-state index in [0.29, 0.717) is 18.4 Å². The van der Waals surface area contributed by atoms with E-state index in [1.165, 1.54) is 38.2 Å². The van der Waals surface area contributed by atoms with E-state index in [1.54, 1.807) is 6.07 Å². The van der Waals surface area contributed by atoms with Crippen molar-refractivity contribution in [2.75, 3.05) is 13.2 Å². The Balaban J connectivity index is 1.56. The summed E-state index contributed by atoms with van der Waals surface area (Å²) in [7, 11) is -3.75. The summed E-state index contributed by atoms with van der Waals surface area (Å²) in [5.74, 6) is 0.562. The normalized spacial score (nSPS) is 17.2. The van der Waals surface area contributed by atoms with Gasteiger partial charge in [-0.15, -0.1) is 0 Å². The SMILES string of the molecule is NS(=O)(=O)c1ccc(CNCCCOC2CCCCC2)o1. The van der Waals surface area contributed by atoms with Gasteiger partial charge in [-0.2, -0.15) is 0 Å². The predicted octanol–water partition coefficient (Wildman–Crippen LogP) is 1.76. The van der Waals surface area contributed by atoms with Crippen molar-refractivity contribution in [3.63, 3.8) is 0 Å². The van der Waals surface area contributed by atoms with Crippen LogP contribution in [0.5, 0.6) is 0 Å². The Morgan fingerprint density at radius 3 is 2.71 bits per heavy atom. The lowest BCUT2D eigenvalue weighted by Gasteiger charge is -2.21. The quantitative estimate of drug-likeness (QED) is 0.713. The number of hydrogen-bond acceptors (Lipinski definition) is 5. The molecule has 0 radical (unpaired) electrons. The number of sulfonamides is 1. The predicted molar refractivity (Wildman–Crippen MR) is 79.2 cm³/mol. The minimum atomic E-state index is -3.75. The molecule has 1 heterocycles. The Labute approximate surface area is 126 Å². The number of rotatable bonds is 8. The first-order valence-corrected chi connectivity index (χ1v) is 9.04. The molecule has 6 nitrogen and oxygen atoms in total. The lowest BCUT2D eigenvalue weighted by Crippen LogP contribution is -2.20. The van der Waals surface area contributed by atoms with E-state index < -0.39 is 10.0 Å². The number of primary sulfonamides is 1. The monoisotopic (exact) mass is 316 g/mol. The molecule has 1 saturated carbocycles. The van der Waals surface area contributed by atoms with Crippen molar-refractivity contribution in [1.29, 1.82) is 0 Å². The zero-order chi connectivity index (χ0) is 15.1. The highest BCUT2D eigenvalue weighted by Gasteiger charge is 2.14. The lowest BCUT2D eigenvalue weighted by molar-refractivity contribution is 0.0272. The van der Waals surface area contributed by atoms with Crippen LogP contribution in [0.15, 0.2) is 21.6 Å². The van der Waals surface area contributed by atoms with Crippen molar-refractivity contribution >= 4 is 10.0 Å². The second-order valence-electron chi connectivity index (χ2n) is 5.43. The first-order chi connectivity index (χ1) is 10.1. The standard InChI is InChI=1S/C14H24N2O4S/c15-21(17,18)14-8-7-13(20-14)11-16-9-4-10-19-12-5-2-1-3-6-12/h7-8,12,16H,1-6,9-11H2,(H2,15,17,18). The fourth-order valence-electron chi connectivity index (χ4n) is 2.50. The number of ether oxygens (including phenoxy) is 1.